The maximum atomic E-state index is 13.8. The number of amides is 1. The van der Waals surface area contributed by atoms with Gasteiger partial charge in [0.15, 0.2) is 0 Å². The third-order valence-corrected chi connectivity index (χ3v) is 7.15. The molecule has 0 aromatic heterocycles. The van der Waals surface area contributed by atoms with Crippen molar-refractivity contribution < 1.29 is 20.8 Å². The van der Waals surface area contributed by atoms with Crippen LogP contribution in [-0.4, -0.2) is 34.5 Å². The van der Waals surface area contributed by atoms with Crippen LogP contribution in [-0.2, 0) is 11.3 Å². The first-order chi connectivity index (χ1) is 19.9. The lowest BCUT2D eigenvalue weighted by molar-refractivity contribution is -0.137. The Kier molecular flexibility index (Phi) is 8.48. The van der Waals surface area contributed by atoms with Gasteiger partial charge in [-0.3, -0.25) is 9.59 Å². The summed E-state index contributed by atoms with van der Waals surface area (Å²) in [6, 6.07) is 32.9. The van der Waals surface area contributed by atoms with Gasteiger partial charge in [0.25, 0.3) is 5.91 Å². The molecular formula is C35H35NO4. The fourth-order valence-corrected chi connectivity index (χ4v) is 4.89. The zero-order chi connectivity index (χ0) is 28.7. The molecule has 4 aromatic carbocycles. The second kappa shape index (κ2) is 13.1. The van der Waals surface area contributed by atoms with Crippen LogP contribution < -0.4 is 4.74 Å². The zero-order valence-corrected chi connectivity index (χ0v) is 22.6. The van der Waals surface area contributed by atoms with E-state index < -0.39 is 12.0 Å². The second-order valence-corrected chi connectivity index (χ2v) is 10.1. The third kappa shape index (κ3) is 6.97. The first kappa shape index (κ1) is 25.9. The highest BCUT2D eigenvalue weighted by molar-refractivity contribution is 5.95. The van der Waals surface area contributed by atoms with Gasteiger partial charge in [-0.05, 0) is 72.6 Å². The predicted octanol–water partition coefficient (Wildman–Crippen LogP) is 7.85. The lowest BCUT2D eigenvalue weighted by Gasteiger charge is -2.24. The number of rotatable bonds is 13. The molecule has 0 saturated heterocycles. The van der Waals surface area contributed by atoms with Crippen LogP contribution in [0.2, 0.25) is 0 Å². The number of unbranched alkanes of at least 4 members (excludes halogenated alkanes) is 2. The van der Waals surface area contributed by atoms with Crippen LogP contribution in [0.3, 0.4) is 0 Å². The molecule has 0 heterocycles. The number of ether oxygens (including phenoxy) is 1. The monoisotopic (exact) mass is 534 g/mol. The Morgan fingerprint density at radius 3 is 2.08 bits per heavy atom. The number of carbonyl (C=O) groups excluding carboxylic acids is 1. The van der Waals surface area contributed by atoms with Gasteiger partial charge in [0.05, 0.1) is 7.98 Å². The minimum atomic E-state index is -0.917. The van der Waals surface area contributed by atoms with Crippen LogP contribution in [0.4, 0.5) is 0 Å². The maximum absolute atomic E-state index is 13.8. The third-order valence-electron chi connectivity index (χ3n) is 7.15. The highest BCUT2D eigenvalue weighted by Crippen LogP contribution is 2.34. The molecule has 1 saturated carbocycles. The minimum absolute atomic E-state index is 0.163. The van der Waals surface area contributed by atoms with Gasteiger partial charge in [-0.2, -0.15) is 0 Å². The van der Waals surface area contributed by atoms with Crippen molar-refractivity contribution in [3.63, 3.8) is 0 Å². The van der Waals surface area contributed by atoms with Crippen LogP contribution in [0.15, 0.2) is 103 Å². The summed E-state index contributed by atoms with van der Waals surface area (Å²) in [6.07, 6.45) is 3.62. The standard InChI is InChI=1S/C35H35NO4/c37-34(38)17-5-2-10-24-40-33-16-9-6-13-29(33)25-36(30-22-23-30)35(39)28-20-18-27(19-21-28)32-15-8-7-14-31(32)26-11-3-1-4-12-26/h1,3-4,6-9,11-16,18-21,30H,2,5,10,17,22-25H2,(H,37,38)/i30D. The van der Waals surface area contributed by atoms with E-state index in [0.717, 1.165) is 40.7 Å². The average Bonchev–Trinajstić information content (AvgIpc) is 3.76. The Balaban J connectivity index is 1.31. The molecule has 204 valence electrons. The van der Waals surface area contributed by atoms with Crippen molar-refractivity contribution in [3.8, 4) is 28.0 Å². The van der Waals surface area contributed by atoms with E-state index in [9.17, 15) is 9.59 Å². The number of carbonyl (C=O) groups is 2. The van der Waals surface area contributed by atoms with E-state index in [1.165, 1.54) is 0 Å². The fraction of sp³-hybridized carbons (Fsp3) is 0.257. The molecule has 0 atom stereocenters. The number of carboxylic acid groups (broad SMARTS) is 1. The van der Waals surface area contributed by atoms with Crippen LogP contribution in [0.5, 0.6) is 5.75 Å². The highest BCUT2D eigenvalue weighted by Gasteiger charge is 2.33. The quantitative estimate of drug-likeness (QED) is 0.177. The number of benzene rings is 4. The zero-order valence-electron chi connectivity index (χ0n) is 23.6. The molecule has 0 unspecified atom stereocenters. The normalized spacial score (nSPS) is 13.8. The summed E-state index contributed by atoms with van der Waals surface area (Å²) < 4.78 is 14.9. The smallest absolute Gasteiger partial charge is 0.303 e. The summed E-state index contributed by atoms with van der Waals surface area (Å²) in [4.78, 5) is 26.2. The van der Waals surface area contributed by atoms with E-state index in [-0.39, 0.29) is 18.9 Å². The fourth-order valence-electron chi connectivity index (χ4n) is 4.89. The van der Waals surface area contributed by atoms with E-state index in [1.54, 1.807) is 4.90 Å². The lowest BCUT2D eigenvalue weighted by atomic mass is 9.94. The van der Waals surface area contributed by atoms with Gasteiger partial charge in [0, 0.05) is 30.1 Å². The van der Waals surface area contributed by atoms with E-state index in [0.29, 0.717) is 37.2 Å². The summed E-state index contributed by atoms with van der Waals surface area (Å²) in [5.41, 5.74) is 5.82. The molecule has 1 aliphatic rings. The average molecular weight is 535 g/mol. The topological polar surface area (TPSA) is 66.8 Å². The van der Waals surface area contributed by atoms with Crippen molar-refractivity contribution >= 4 is 11.9 Å². The molecule has 0 spiro atoms. The first-order valence-corrected chi connectivity index (χ1v) is 13.9. The van der Waals surface area contributed by atoms with Gasteiger partial charge < -0.3 is 14.7 Å². The van der Waals surface area contributed by atoms with Gasteiger partial charge in [-0.15, -0.1) is 0 Å². The largest absolute Gasteiger partial charge is 0.493 e. The Bertz CT molecular complexity index is 1480. The maximum Gasteiger partial charge on any atom is 0.303 e. The molecule has 0 aliphatic heterocycles. The molecule has 1 N–H and O–H groups in total. The van der Waals surface area contributed by atoms with E-state index in [2.05, 4.69) is 24.3 Å². The summed E-state index contributed by atoms with van der Waals surface area (Å²) in [7, 11) is 0. The highest BCUT2D eigenvalue weighted by atomic mass is 16.5. The van der Waals surface area contributed by atoms with Crippen molar-refractivity contribution in [3.05, 3.63) is 114 Å². The Morgan fingerprint density at radius 1 is 0.775 bits per heavy atom. The molecule has 5 rings (SSSR count). The van der Waals surface area contributed by atoms with Crippen molar-refractivity contribution in [2.24, 2.45) is 0 Å². The van der Waals surface area contributed by atoms with Crippen LogP contribution >= 0.6 is 0 Å². The summed E-state index contributed by atoms with van der Waals surface area (Å²) in [5.74, 6) is -0.249. The number of aliphatic carboxylic acids is 1. The van der Waals surface area contributed by atoms with E-state index in [1.807, 2.05) is 78.9 Å². The number of hydrogen-bond acceptors (Lipinski definition) is 3. The molecule has 1 aliphatic carbocycles. The van der Waals surface area contributed by atoms with Gasteiger partial charge >= 0.3 is 5.97 Å². The lowest BCUT2D eigenvalue weighted by Crippen LogP contribution is -2.32. The predicted molar refractivity (Wildman–Crippen MR) is 158 cm³/mol. The molecule has 5 nitrogen and oxygen atoms in total. The number of hydrogen-bond donors (Lipinski definition) is 1. The molecule has 4 aromatic rings. The summed E-state index contributed by atoms with van der Waals surface area (Å²) in [6.45, 7) is 0.763. The van der Waals surface area contributed by atoms with E-state index >= 15 is 0 Å². The molecule has 5 heteroatoms. The Hall–Kier alpha value is -4.38. The molecular weight excluding hydrogens is 498 g/mol. The van der Waals surface area contributed by atoms with Gasteiger partial charge in [-0.1, -0.05) is 84.9 Å². The van der Waals surface area contributed by atoms with Crippen molar-refractivity contribution in [2.75, 3.05) is 6.61 Å². The van der Waals surface area contributed by atoms with Gasteiger partial charge in [0.1, 0.15) is 5.75 Å². The van der Waals surface area contributed by atoms with Crippen LogP contribution in [0, 0.1) is 0 Å². The first-order valence-electron chi connectivity index (χ1n) is 14.4. The molecule has 0 radical (unpaired) electrons. The minimum Gasteiger partial charge on any atom is -0.493 e. The number of carboxylic acids is 1. The molecule has 0 bridgehead atoms. The van der Waals surface area contributed by atoms with E-state index in [4.69, 9.17) is 11.2 Å². The van der Waals surface area contributed by atoms with Crippen molar-refractivity contribution in [2.45, 2.75) is 51.1 Å². The molecule has 1 amide bonds. The molecule has 40 heavy (non-hydrogen) atoms. The summed E-state index contributed by atoms with van der Waals surface area (Å²) >= 11 is 0. The number of nitrogens with zero attached hydrogens (tertiary/aromatic N) is 1. The SMILES string of the molecule is [2H]C1(N(Cc2ccccc2OCCCCCC(=O)O)C(=O)c2ccc(-c3ccccc3-c3ccccc3)cc2)CC1. The Morgan fingerprint density at radius 2 is 1.40 bits per heavy atom. The molecule has 1 fully saturated rings. The van der Waals surface area contributed by atoms with Crippen LogP contribution in [0.1, 0.15) is 55.8 Å². The van der Waals surface area contributed by atoms with Crippen molar-refractivity contribution in [1.29, 1.82) is 0 Å². The Labute approximate surface area is 237 Å². The van der Waals surface area contributed by atoms with Gasteiger partial charge in [-0.25, -0.2) is 0 Å². The van der Waals surface area contributed by atoms with Crippen LogP contribution in [0.25, 0.3) is 22.3 Å². The number of para-hydroxylation sites is 1. The van der Waals surface area contributed by atoms with Gasteiger partial charge in [0.2, 0.25) is 0 Å². The second-order valence-electron chi connectivity index (χ2n) is 10.1. The summed E-state index contributed by atoms with van der Waals surface area (Å²) in [5, 5.41) is 8.81. The van der Waals surface area contributed by atoms with Crippen molar-refractivity contribution in [1.82, 2.24) is 4.90 Å².